The maximum Gasteiger partial charge on any atom is 0.573 e. The van der Waals surface area contributed by atoms with Crippen LogP contribution in [0.4, 0.5) is 32.0 Å². The molecule has 0 aromatic heterocycles. The highest BCUT2D eigenvalue weighted by atomic mass is 79.9. The summed E-state index contributed by atoms with van der Waals surface area (Å²) < 4.78 is 75.0. The van der Waals surface area contributed by atoms with E-state index in [2.05, 4.69) is 20.7 Å². The molecule has 9 heteroatoms. The van der Waals surface area contributed by atoms with Gasteiger partial charge in [-0.05, 0) is 34.1 Å². The van der Waals surface area contributed by atoms with Gasteiger partial charge in [0.25, 0.3) is 0 Å². The fourth-order valence-corrected chi connectivity index (χ4v) is 1.48. The van der Waals surface area contributed by atoms with E-state index in [0.717, 1.165) is 18.2 Å². The molecule has 1 aromatic carbocycles. The summed E-state index contributed by atoms with van der Waals surface area (Å²) in [6.45, 7) is -1.28. The van der Waals surface area contributed by atoms with Gasteiger partial charge < -0.3 is 10.1 Å². The largest absolute Gasteiger partial charge is 0.573 e. The zero-order valence-corrected chi connectivity index (χ0v) is 10.1. The number of rotatable bonds is 3. The van der Waals surface area contributed by atoms with Crippen LogP contribution in [0.1, 0.15) is 0 Å². The lowest BCUT2D eigenvalue weighted by Crippen LogP contribution is -2.21. The Bertz CT molecular complexity index is 416. The Kier molecular flexibility index (Phi) is 4.36. The lowest BCUT2D eigenvalue weighted by Gasteiger charge is -2.13. The molecule has 0 amide bonds. The molecule has 1 N–H and O–H groups in total. The van der Waals surface area contributed by atoms with Gasteiger partial charge in [-0.15, -0.1) is 13.2 Å². The van der Waals surface area contributed by atoms with Crippen LogP contribution in [0.3, 0.4) is 0 Å². The average Bonchev–Trinajstić information content (AvgIpc) is 2.15. The maximum absolute atomic E-state index is 11.9. The second kappa shape index (κ2) is 5.25. The molecule has 0 bridgehead atoms. The van der Waals surface area contributed by atoms with Gasteiger partial charge in [0.05, 0.1) is 4.47 Å². The molecular formula is C9H6BrF6NO. The number of hydrogen-bond acceptors (Lipinski definition) is 2. The zero-order chi connectivity index (χ0) is 14.0. The Labute approximate surface area is 106 Å². The van der Waals surface area contributed by atoms with Crippen molar-refractivity contribution in [3.63, 3.8) is 0 Å². The molecule has 0 heterocycles. The van der Waals surface area contributed by atoms with Gasteiger partial charge in [-0.2, -0.15) is 13.2 Å². The van der Waals surface area contributed by atoms with Crippen molar-refractivity contribution in [2.24, 2.45) is 0 Å². The first-order valence-electron chi connectivity index (χ1n) is 4.43. The molecule has 2 nitrogen and oxygen atoms in total. The third kappa shape index (κ3) is 5.48. The Hall–Kier alpha value is -1.12. The topological polar surface area (TPSA) is 21.3 Å². The van der Waals surface area contributed by atoms with Gasteiger partial charge in [0, 0.05) is 5.69 Å². The highest BCUT2D eigenvalue weighted by molar-refractivity contribution is 9.10. The first-order chi connectivity index (χ1) is 8.07. The van der Waals surface area contributed by atoms with Crippen molar-refractivity contribution in [3.8, 4) is 5.75 Å². The minimum absolute atomic E-state index is 0.0220. The summed E-state index contributed by atoms with van der Waals surface area (Å²) in [4.78, 5) is 0. The van der Waals surface area contributed by atoms with Crippen LogP contribution >= 0.6 is 15.9 Å². The quantitative estimate of drug-likeness (QED) is 0.829. The smallest absolute Gasteiger partial charge is 0.405 e. The number of benzene rings is 1. The molecule has 0 aliphatic carbocycles. The van der Waals surface area contributed by atoms with Crippen LogP contribution in [0.25, 0.3) is 0 Å². The van der Waals surface area contributed by atoms with Crippen LogP contribution in [-0.4, -0.2) is 19.1 Å². The SMILES string of the molecule is FC(F)(F)CNc1ccc(OC(F)(F)F)c(Br)c1. The summed E-state index contributed by atoms with van der Waals surface area (Å²) in [7, 11) is 0. The minimum atomic E-state index is -4.86. The summed E-state index contributed by atoms with van der Waals surface area (Å²) in [6.07, 6.45) is -9.27. The van der Waals surface area contributed by atoms with Crippen molar-refractivity contribution in [1.82, 2.24) is 0 Å². The molecule has 1 aromatic rings. The van der Waals surface area contributed by atoms with E-state index in [-0.39, 0.29) is 10.2 Å². The molecule has 0 fully saturated rings. The van der Waals surface area contributed by atoms with Crippen LogP contribution in [-0.2, 0) is 0 Å². The molecule has 0 saturated carbocycles. The second-order valence-electron chi connectivity index (χ2n) is 3.16. The number of hydrogen-bond donors (Lipinski definition) is 1. The Morgan fingerprint density at radius 2 is 1.72 bits per heavy atom. The highest BCUT2D eigenvalue weighted by Crippen LogP contribution is 2.32. The highest BCUT2D eigenvalue weighted by Gasteiger charge is 2.32. The van der Waals surface area contributed by atoms with Gasteiger partial charge in [0.15, 0.2) is 0 Å². The molecule has 102 valence electrons. The fourth-order valence-electron chi connectivity index (χ4n) is 1.02. The third-order valence-electron chi connectivity index (χ3n) is 1.65. The van der Waals surface area contributed by atoms with E-state index in [0.29, 0.717) is 0 Å². The molecule has 0 atom stereocenters. The number of ether oxygens (including phenoxy) is 1. The molecule has 0 unspecified atom stereocenters. The number of halogens is 7. The maximum atomic E-state index is 11.9. The summed E-state index contributed by atoms with van der Waals surface area (Å²) in [5.74, 6) is -0.528. The summed E-state index contributed by atoms with van der Waals surface area (Å²) in [5, 5.41) is 2.02. The van der Waals surface area contributed by atoms with Gasteiger partial charge in [-0.3, -0.25) is 0 Å². The van der Waals surface area contributed by atoms with Crippen LogP contribution in [0.5, 0.6) is 5.75 Å². The number of alkyl halides is 6. The molecule has 0 radical (unpaired) electrons. The van der Waals surface area contributed by atoms with E-state index in [1.54, 1.807) is 0 Å². The average molecular weight is 338 g/mol. The van der Waals surface area contributed by atoms with Crippen molar-refractivity contribution < 1.29 is 31.1 Å². The standard InChI is InChI=1S/C9H6BrF6NO/c10-6-3-5(17-4-8(11,12)13)1-2-7(6)18-9(14,15)16/h1-3,17H,4H2. The minimum Gasteiger partial charge on any atom is -0.405 e. The van der Waals surface area contributed by atoms with Crippen LogP contribution in [0, 0.1) is 0 Å². The molecule has 0 spiro atoms. The van der Waals surface area contributed by atoms with E-state index < -0.39 is 24.8 Å². The summed E-state index contributed by atoms with van der Waals surface area (Å²) in [5.41, 5.74) is 0.0220. The van der Waals surface area contributed by atoms with Crippen molar-refractivity contribution in [1.29, 1.82) is 0 Å². The van der Waals surface area contributed by atoms with Gasteiger partial charge in [-0.1, -0.05) is 0 Å². The zero-order valence-electron chi connectivity index (χ0n) is 8.49. The Morgan fingerprint density at radius 3 is 2.17 bits per heavy atom. The monoisotopic (exact) mass is 337 g/mol. The third-order valence-corrected chi connectivity index (χ3v) is 2.27. The van der Waals surface area contributed by atoms with E-state index in [9.17, 15) is 26.3 Å². The first-order valence-corrected chi connectivity index (χ1v) is 5.22. The number of anilines is 1. The van der Waals surface area contributed by atoms with E-state index >= 15 is 0 Å². The molecule has 1 rings (SSSR count). The van der Waals surface area contributed by atoms with Crippen molar-refractivity contribution in [2.45, 2.75) is 12.5 Å². The first kappa shape index (κ1) is 14.9. The predicted octanol–water partition coefficient (Wildman–Crippen LogP) is 4.32. The molecule has 0 aliphatic heterocycles. The lowest BCUT2D eigenvalue weighted by molar-refractivity contribution is -0.274. The molecule has 0 aliphatic rings. The van der Waals surface area contributed by atoms with Crippen molar-refractivity contribution in [2.75, 3.05) is 11.9 Å². The Morgan fingerprint density at radius 1 is 1.11 bits per heavy atom. The molecule has 18 heavy (non-hydrogen) atoms. The summed E-state index contributed by atoms with van der Waals surface area (Å²) >= 11 is 2.77. The van der Waals surface area contributed by atoms with Gasteiger partial charge in [0.2, 0.25) is 0 Å². The van der Waals surface area contributed by atoms with Crippen molar-refractivity contribution in [3.05, 3.63) is 22.7 Å². The van der Waals surface area contributed by atoms with E-state index in [1.165, 1.54) is 0 Å². The normalized spacial score (nSPS) is 12.4. The fraction of sp³-hybridized carbons (Fsp3) is 0.333. The lowest BCUT2D eigenvalue weighted by atomic mass is 10.3. The molecular weight excluding hydrogens is 332 g/mol. The van der Waals surface area contributed by atoms with Gasteiger partial charge >= 0.3 is 12.5 Å². The van der Waals surface area contributed by atoms with E-state index in [1.807, 2.05) is 5.32 Å². The van der Waals surface area contributed by atoms with E-state index in [4.69, 9.17) is 0 Å². The predicted molar refractivity (Wildman–Crippen MR) is 55.4 cm³/mol. The van der Waals surface area contributed by atoms with Gasteiger partial charge in [-0.25, -0.2) is 0 Å². The van der Waals surface area contributed by atoms with Crippen LogP contribution in [0.15, 0.2) is 22.7 Å². The van der Waals surface area contributed by atoms with Gasteiger partial charge in [0.1, 0.15) is 12.3 Å². The molecule has 0 saturated heterocycles. The van der Waals surface area contributed by atoms with Crippen LogP contribution < -0.4 is 10.1 Å². The second-order valence-corrected chi connectivity index (χ2v) is 4.02. The summed E-state index contributed by atoms with van der Waals surface area (Å²) in [6, 6.07) is 3.03. The van der Waals surface area contributed by atoms with Crippen LogP contribution in [0.2, 0.25) is 0 Å². The van der Waals surface area contributed by atoms with Crippen molar-refractivity contribution >= 4 is 21.6 Å². The number of nitrogens with one attached hydrogen (secondary N) is 1. The Balaban J connectivity index is 2.74.